The number of unbranched alkanes of at least 4 members (excludes halogenated alkanes) is 1. The molecule has 0 bridgehead atoms. The zero-order valence-electron chi connectivity index (χ0n) is 26.9. The van der Waals surface area contributed by atoms with Crippen molar-refractivity contribution in [1.29, 1.82) is 0 Å². The number of hydrazine groups is 2. The van der Waals surface area contributed by atoms with Crippen LogP contribution in [0.4, 0.5) is 4.79 Å². The van der Waals surface area contributed by atoms with Crippen LogP contribution in [0, 0.1) is 5.92 Å². The molecular weight excluding hydrogens is 673 g/mol. The van der Waals surface area contributed by atoms with Gasteiger partial charge in [-0.15, -0.1) is 0 Å². The minimum atomic E-state index is -1.14. The average Bonchev–Trinajstić information content (AvgIpc) is 3.00. The van der Waals surface area contributed by atoms with E-state index in [1.165, 1.54) is 0 Å². The van der Waals surface area contributed by atoms with E-state index >= 15 is 0 Å². The first kappa shape index (κ1) is 48.3. The fourth-order valence-electron chi connectivity index (χ4n) is 2.89. The number of aliphatic hydroxyl groups excluding tert-OH is 4. The molecule has 265 valence electrons. The molecule has 0 aromatic rings. The minimum Gasteiger partial charge on any atom is -0.463 e. The number of esters is 2. The van der Waals surface area contributed by atoms with E-state index < -0.39 is 30.2 Å². The molecule has 13 N–H and O–H groups in total. The quantitative estimate of drug-likeness (QED) is 0.0101. The maximum absolute atomic E-state index is 11.8. The molecule has 18 nitrogen and oxygen atoms in total. The maximum atomic E-state index is 11.8. The maximum Gasteiger partial charge on any atom is 0.424 e. The second kappa shape index (κ2) is 34.2. The number of carbonyl (C=O) groups excluding carboxylic acids is 3. The van der Waals surface area contributed by atoms with E-state index in [1.54, 1.807) is 18.9 Å². The zero-order chi connectivity index (χ0) is 33.6. The molecule has 1 radical (unpaired) electrons. The molecule has 0 spiro atoms. The standard InChI is InChI=1S/C19H44N8O6.C7H14O4.Y/c20-4-11-26(21)12-9-24-7-5-23-6-8-25-10-13-27(22)19(31)33-16-17(29)15-32-18(30)3-1-2-14-28;1-5(2)7(10)11-6(3-8)4-9;/h17,23-25,28-29H,1-16,20-22H2;5-6,8-9H,3-4H2,1-2H3;. The Hall–Kier alpha value is -1.13. The van der Waals surface area contributed by atoms with Crippen LogP contribution in [0.3, 0.4) is 0 Å². The van der Waals surface area contributed by atoms with Crippen LogP contribution >= 0.6 is 0 Å². The first-order valence-electron chi connectivity index (χ1n) is 14.9. The number of nitrogens with one attached hydrogen (secondary N) is 3. The van der Waals surface area contributed by atoms with Crippen LogP contribution in [-0.4, -0.2) is 159 Å². The van der Waals surface area contributed by atoms with Gasteiger partial charge in [0.1, 0.15) is 25.4 Å². The molecule has 0 aliphatic carbocycles. The third-order valence-corrected chi connectivity index (χ3v) is 5.50. The number of nitrogens with zero attached hydrogens (tertiary/aromatic N) is 2. The van der Waals surface area contributed by atoms with Crippen LogP contribution in [0.25, 0.3) is 0 Å². The molecule has 0 aromatic carbocycles. The van der Waals surface area contributed by atoms with E-state index in [0.717, 1.165) is 37.7 Å². The SMILES string of the molecule is CC(C)C(=O)OC(CO)CO.NCCN(N)CCNCCNCCNCCN(N)C(=O)OCC(O)COC(=O)CCCCO.[Y]. The number of hydrogen-bond acceptors (Lipinski definition) is 17. The Bertz CT molecular complexity index is 715. The fraction of sp³-hybridized carbons (Fsp3) is 0.885. The molecule has 0 aromatic heterocycles. The number of amides is 1. The van der Waals surface area contributed by atoms with Gasteiger partial charge in [0.05, 0.1) is 25.7 Å². The molecule has 45 heavy (non-hydrogen) atoms. The van der Waals surface area contributed by atoms with Crippen molar-refractivity contribution in [3.8, 4) is 0 Å². The van der Waals surface area contributed by atoms with E-state index in [9.17, 15) is 19.5 Å². The Labute approximate surface area is 291 Å². The van der Waals surface area contributed by atoms with Crippen LogP contribution in [0.5, 0.6) is 0 Å². The predicted octanol–water partition coefficient (Wildman–Crippen LogP) is -4.20. The summed E-state index contributed by atoms with van der Waals surface area (Å²) >= 11 is 0. The van der Waals surface area contributed by atoms with E-state index in [1.807, 2.05) is 0 Å². The molecule has 1 atom stereocenters. The van der Waals surface area contributed by atoms with Crippen molar-refractivity contribution in [2.45, 2.75) is 45.3 Å². The van der Waals surface area contributed by atoms with E-state index in [4.69, 9.17) is 42.2 Å². The molecule has 19 heteroatoms. The second-order valence-electron chi connectivity index (χ2n) is 9.94. The van der Waals surface area contributed by atoms with Crippen molar-refractivity contribution in [2.24, 2.45) is 23.3 Å². The summed E-state index contributed by atoms with van der Waals surface area (Å²) in [6.07, 6.45) is -1.51. The molecule has 0 saturated carbocycles. The summed E-state index contributed by atoms with van der Waals surface area (Å²) in [6.45, 7) is 8.69. The average molecular weight is 732 g/mol. The van der Waals surface area contributed by atoms with Crippen LogP contribution in [-0.2, 0) is 56.5 Å². The molecule has 0 fully saturated rings. The first-order valence-corrected chi connectivity index (χ1v) is 14.9. The topological polar surface area (TPSA) is 280 Å². The fourth-order valence-corrected chi connectivity index (χ4v) is 2.89. The van der Waals surface area contributed by atoms with Gasteiger partial charge in [0.25, 0.3) is 0 Å². The van der Waals surface area contributed by atoms with Crippen molar-refractivity contribution in [3.05, 3.63) is 0 Å². The summed E-state index contributed by atoms with van der Waals surface area (Å²) in [7, 11) is 0. The van der Waals surface area contributed by atoms with Crippen LogP contribution in [0.2, 0.25) is 0 Å². The van der Waals surface area contributed by atoms with Gasteiger partial charge in [0, 0.05) is 105 Å². The Balaban J connectivity index is -0.00000124. The second-order valence-corrected chi connectivity index (χ2v) is 9.94. The molecule has 0 rings (SSSR count). The summed E-state index contributed by atoms with van der Waals surface area (Å²) in [5, 5.41) is 47.7. The third-order valence-electron chi connectivity index (χ3n) is 5.50. The van der Waals surface area contributed by atoms with Crippen molar-refractivity contribution in [2.75, 3.05) is 98.5 Å². The molecule has 1 unspecified atom stereocenters. The number of ether oxygens (including phenoxy) is 3. The molecule has 1 amide bonds. The van der Waals surface area contributed by atoms with E-state index in [0.29, 0.717) is 39.0 Å². The number of carbonyl (C=O) groups is 3. The van der Waals surface area contributed by atoms with E-state index in [2.05, 4.69) is 20.7 Å². The van der Waals surface area contributed by atoms with Gasteiger partial charge in [-0.2, -0.15) is 0 Å². The summed E-state index contributed by atoms with van der Waals surface area (Å²) in [5.74, 6) is 10.2. The summed E-state index contributed by atoms with van der Waals surface area (Å²) in [4.78, 5) is 34.0. The van der Waals surface area contributed by atoms with Crippen LogP contribution in [0.1, 0.15) is 33.1 Å². The van der Waals surface area contributed by atoms with Gasteiger partial charge in [-0.05, 0) is 12.8 Å². The Kier molecular flexibility index (Phi) is 36.7. The largest absolute Gasteiger partial charge is 0.463 e. The number of aliphatic hydroxyl groups is 4. The van der Waals surface area contributed by atoms with Crippen molar-refractivity contribution < 1.29 is 81.7 Å². The van der Waals surface area contributed by atoms with Gasteiger partial charge >= 0.3 is 18.0 Å². The summed E-state index contributed by atoms with van der Waals surface area (Å²) in [6, 6.07) is 0. The van der Waals surface area contributed by atoms with Crippen LogP contribution < -0.4 is 33.4 Å². The molecule has 0 aliphatic heterocycles. The smallest absolute Gasteiger partial charge is 0.424 e. The number of nitrogens with two attached hydrogens (primary N) is 3. The van der Waals surface area contributed by atoms with Gasteiger partial charge in [-0.3, -0.25) is 15.4 Å². The molecular formula is C26H58N8O10Y. The molecule has 0 saturated heterocycles. The predicted molar refractivity (Wildman–Crippen MR) is 162 cm³/mol. The van der Waals surface area contributed by atoms with Gasteiger partial charge in [0.15, 0.2) is 0 Å². The van der Waals surface area contributed by atoms with Gasteiger partial charge in [-0.1, -0.05) is 13.8 Å². The molecule has 0 aliphatic rings. The number of rotatable bonds is 26. The normalized spacial score (nSPS) is 11.5. The minimum absolute atomic E-state index is 0. The van der Waals surface area contributed by atoms with Crippen molar-refractivity contribution in [3.63, 3.8) is 0 Å². The summed E-state index contributed by atoms with van der Waals surface area (Å²) in [5.41, 5.74) is 5.42. The van der Waals surface area contributed by atoms with Gasteiger partial charge in [0.2, 0.25) is 0 Å². The zero-order valence-corrected chi connectivity index (χ0v) is 29.7. The van der Waals surface area contributed by atoms with Gasteiger partial charge < -0.3 is 56.3 Å². The Morgan fingerprint density at radius 1 is 0.800 bits per heavy atom. The molecule has 0 heterocycles. The monoisotopic (exact) mass is 731 g/mol. The van der Waals surface area contributed by atoms with E-state index in [-0.39, 0.29) is 84.6 Å². The Morgan fingerprint density at radius 3 is 1.84 bits per heavy atom. The summed E-state index contributed by atoms with van der Waals surface area (Å²) < 4.78 is 14.4. The Morgan fingerprint density at radius 2 is 1.33 bits per heavy atom. The van der Waals surface area contributed by atoms with Crippen LogP contribution in [0.15, 0.2) is 0 Å². The van der Waals surface area contributed by atoms with Crippen molar-refractivity contribution >= 4 is 18.0 Å². The number of hydrogen-bond donors (Lipinski definition) is 10. The van der Waals surface area contributed by atoms with Crippen molar-refractivity contribution in [1.82, 2.24) is 26.0 Å². The third kappa shape index (κ3) is 32.6. The van der Waals surface area contributed by atoms with Gasteiger partial charge in [-0.25, -0.2) is 20.7 Å². The first-order chi connectivity index (χ1) is 21.0.